The maximum atomic E-state index is 13.1. The second-order valence-electron chi connectivity index (χ2n) is 6.41. The maximum Gasteiger partial charge on any atom is 0.227 e. The number of fused-ring (bicyclic) bond motifs is 3. The van der Waals surface area contributed by atoms with Gasteiger partial charge in [-0.1, -0.05) is 0 Å². The van der Waals surface area contributed by atoms with Crippen LogP contribution in [0.1, 0.15) is 5.56 Å². The molecule has 6 nitrogen and oxygen atoms in total. The van der Waals surface area contributed by atoms with Gasteiger partial charge in [-0.3, -0.25) is 14.8 Å². The minimum absolute atomic E-state index is 0.0196. The first-order valence-electron chi connectivity index (χ1n) is 8.07. The van der Waals surface area contributed by atoms with Crippen LogP contribution >= 0.6 is 0 Å². The molecule has 2 saturated heterocycles. The van der Waals surface area contributed by atoms with Crippen molar-refractivity contribution >= 4 is 5.91 Å². The average Bonchev–Trinajstić information content (AvgIpc) is 2.86. The van der Waals surface area contributed by atoms with Gasteiger partial charge in [0.15, 0.2) is 0 Å². The third kappa shape index (κ3) is 3.05. The van der Waals surface area contributed by atoms with Crippen LogP contribution in [0.3, 0.4) is 0 Å². The number of aromatic nitrogens is 2. The lowest BCUT2D eigenvalue weighted by Crippen LogP contribution is -2.41. The van der Waals surface area contributed by atoms with Gasteiger partial charge in [-0.25, -0.2) is 4.39 Å². The van der Waals surface area contributed by atoms with Crippen LogP contribution in [0.4, 0.5) is 4.39 Å². The van der Waals surface area contributed by atoms with Crippen molar-refractivity contribution in [3.8, 4) is 11.3 Å². The zero-order valence-electron chi connectivity index (χ0n) is 13.2. The van der Waals surface area contributed by atoms with Crippen molar-refractivity contribution < 1.29 is 13.9 Å². The SMILES string of the molecule is O=C1N[C@@H]2COC[C@H]1CN(Cc1cn[nH]c1-c1ccc(F)cc1)C2. The summed E-state index contributed by atoms with van der Waals surface area (Å²) in [5, 5.41) is 10.2. The maximum absolute atomic E-state index is 13.1. The molecule has 4 rings (SSSR count). The molecular formula is C17H19FN4O2. The van der Waals surface area contributed by atoms with Gasteiger partial charge in [0.05, 0.1) is 37.1 Å². The predicted molar refractivity (Wildman–Crippen MR) is 85.5 cm³/mol. The Kier molecular flexibility index (Phi) is 4.03. The van der Waals surface area contributed by atoms with Gasteiger partial charge in [-0.2, -0.15) is 5.10 Å². The Labute approximate surface area is 139 Å². The monoisotopic (exact) mass is 330 g/mol. The second-order valence-corrected chi connectivity index (χ2v) is 6.41. The number of rotatable bonds is 3. The number of aromatic amines is 1. The van der Waals surface area contributed by atoms with Gasteiger partial charge in [-0.05, 0) is 24.3 Å². The van der Waals surface area contributed by atoms with E-state index in [0.717, 1.165) is 23.4 Å². The van der Waals surface area contributed by atoms with E-state index in [9.17, 15) is 9.18 Å². The molecule has 2 N–H and O–H groups in total. The van der Waals surface area contributed by atoms with E-state index in [2.05, 4.69) is 20.4 Å². The first kappa shape index (κ1) is 15.3. The highest BCUT2D eigenvalue weighted by Gasteiger charge is 2.33. The van der Waals surface area contributed by atoms with Gasteiger partial charge in [-0.15, -0.1) is 0 Å². The molecule has 7 heteroatoms. The zero-order valence-corrected chi connectivity index (χ0v) is 13.2. The number of nitrogens with one attached hydrogen (secondary N) is 2. The van der Waals surface area contributed by atoms with Crippen LogP contribution in [0, 0.1) is 11.7 Å². The highest BCUT2D eigenvalue weighted by atomic mass is 19.1. The van der Waals surface area contributed by atoms with E-state index in [1.807, 2.05) is 0 Å². The van der Waals surface area contributed by atoms with E-state index in [0.29, 0.717) is 26.3 Å². The lowest BCUT2D eigenvalue weighted by molar-refractivity contribution is -0.125. The quantitative estimate of drug-likeness (QED) is 0.886. The lowest BCUT2D eigenvalue weighted by atomic mass is 10.1. The van der Waals surface area contributed by atoms with Gasteiger partial charge >= 0.3 is 0 Å². The number of amides is 1. The largest absolute Gasteiger partial charge is 0.378 e. The van der Waals surface area contributed by atoms with Crippen molar-refractivity contribution in [1.82, 2.24) is 20.4 Å². The number of nitrogens with zero attached hydrogens (tertiary/aromatic N) is 2. The van der Waals surface area contributed by atoms with Gasteiger partial charge in [0.2, 0.25) is 5.91 Å². The first-order valence-corrected chi connectivity index (χ1v) is 8.07. The number of carbonyl (C=O) groups excluding carboxylic acids is 1. The van der Waals surface area contributed by atoms with E-state index in [4.69, 9.17) is 4.74 Å². The topological polar surface area (TPSA) is 70.2 Å². The highest BCUT2D eigenvalue weighted by Crippen LogP contribution is 2.24. The molecule has 2 aliphatic heterocycles. The molecule has 2 aromatic rings. The van der Waals surface area contributed by atoms with E-state index in [1.165, 1.54) is 12.1 Å². The number of ether oxygens (including phenoxy) is 1. The molecule has 0 spiro atoms. The molecule has 1 aromatic carbocycles. The van der Waals surface area contributed by atoms with Crippen LogP contribution in [0.2, 0.25) is 0 Å². The molecule has 3 heterocycles. The third-order valence-corrected chi connectivity index (χ3v) is 4.56. The van der Waals surface area contributed by atoms with Crippen LogP contribution in [0.15, 0.2) is 30.5 Å². The number of H-pyrrole nitrogens is 1. The molecule has 0 aliphatic carbocycles. The predicted octanol–water partition coefficient (Wildman–Crippen LogP) is 1.16. The zero-order chi connectivity index (χ0) is 16.5. The van der Waals surface area contributed by atoms with Crippen molar-refractivity contribution in [2.24, 2.45) is 5.92 Å². The van der Waals surface area contributed by atoms with Gasteiger partial charge in [0, 0.05) is 30.8 Å². The lowest BCUT2D eigenvalue weighted by Gasteiger charge is -2.27. The number of halogens is 1. The number of benzene rings is 1. The average molecular weight is 330 g/mol. The molecule has 2 bridgehead atoms. The number of hydrogen-bond acceptors (Lipinski definition) is 4. The van der Waals surface area contributed by atoms with Crippen LogP contribution in [-0.4, -0.2) is 53.3 Å². The van der Waals surface area contributed by atoms with Crippen molar-refractivity contribution in [1.29, 1.82) is 0 Å². The molecule has 0 radical (unpaired) electrons. The minimum atomic E-state index is -0.259. The summed E-state index contributed by atoms with van der Waals surface area (Å²) in [6.45, 7) is 3.11. The summed E-state index contributed by atoms with van der Waals surface area (Å²) in [7, 11) is 0. The summed E-state index contributed by atoms with van der Waals surface area (Å²) in [6, 6.07) is 6.38. The van der Waals surface area contributed by atoms with Crippen molar-refractivity contribution in [2.45, 2.75) is 12.6 Å². The Hall–Kier alpha value is -2.25. The van der Waals surface area contributed by atoms with Gasteiger partial charge in [0.25, 0.3) is 0 Å². The van der Waals surface area contributed by atoms with Crippen LogP contribution in [0.5, 0.6) is 0 Å². The molecule has 2 fully saturated rings. The first-order chi connectivity index (χ1) is 11.7. The fraction of sp³-hybridized carbons (Fsp3) is 0.412. The third-order valence-electron chi connectivity index (χ3n) is 4.56. The summed E-state index contributed by atoms with van der Waals surface area (Å²) in [5.74, 6) is -0.325. The molecule has 2 atom stereocenters. The Bertz CT molecular complexity index is 730. The van der Waals surface area contributed by atoms with Gasteiger partial charge < -0.3 is 10.1 Å². The van der Waals surface area contributed by atoms with E-state index in [1.54, 1.807) is 18.3 Å². The Morgan fingerprint density at radius 2 is 2.08 bits per heavy atom. The summed E-state index contributed by atoms with van der Waals surface area (Å²) >= 11 is 0. The summed E-state index contributed by atoms with van der Waals surface area (Å²) in [6.07, 6.45) is 1.80. The van der Waals surface area contributed by atoms with E-state index < -0.39 is 0 Å². The van der Waals surface area contributed by atoms with Crippen LogP contribution in [0.25, 0.3) is 11.3 Å². The van der Waals surface area contributed by atoms with Crippen molar-refractivity contribution in [2.75, 3.05) is 26.3 Å². The Morgan fingerprint density at radius 1 is 1.25 bits per heavy atom. The van der Waals surface area contributed by atoms with Crippen molar-refractivity contribution in [3.05, 3.63) is 41.8 Å². The minimum Gasteiger partial charge on any atom is -0.378 e. The van der Waals surface area contributed by atoms with Crippen LogP contribution < -0.4 is 5.32 Å². The van der Waals surface area contributed by atoms with E-state index in [-0.39, 0.29) is 23.7 Å². The fourth-order valence-corrected chi connectivity index (χ4v) is 3.39. The second kappa shape index (κ2) is 6.33. The summed E-state index contributed by atoms with van der Waals surface area (Å²) in [5.41, 5.74) is 2.83. The summed E-state index contributed by atoms with van der Waals surface area (Å²) < 4.78 is 18.7. The van der Waals surface area contributed by atoms with E-state index >= 15 is 0 Å². The van der Waals surface area contributed by atoms with Gasteiger partial charge in [0.1, 0.15) is 5.82 Å². The summed E-state index contributed by atoms with van der Waals surface area (Å²) in [4.78, 5) is 14.3. The normalized spacial score (nSPS) is 24.5. The fourth-order valence-electron chi connectivity index (χ4n) is 3.39. The molecular weight excluding hydrogens is 311 g/mol. The van der Waals surface area contributed by atoms with Crippen molar-refractivity contribution in [3.63, 3.8) is 0 Å². The Morgan fingerprint density at radius 3 is 2.92 bits per heavy atom. The molecule has 24 heavy (non-hydrogen) atoms. The smallest absolute Gasteiger partial charge is 0.227 e. The van der Waals surface area contributed by atoms with Crippen LogP contribution in [-0.2, 0) is 16.1 Å². The standard InChI is InChI=1S/C17H19FN4O2/c18-14-3-1-11(2-4-14)16-12(5-19-21-16)6-22-7-13-9-24-10-15(8-22)20-17(13)23/h1-5,13,15H,6-10H2,(H,19,21)(H,20,23)/t13-,15+/m1/s1. The highest BCUT2D eigenvalue weighted by molar-refractivity contribution is 5.80. The number of hydrogen-bond donors (Lipinski definition) is 2. The molecule has 126 valence electrons. The molecule has 1 amide bonds. The Balaban J connectivity index is 1.55. The molecule has 0 unspecified atom stereocenters. The molecule has 0 saturated carbocycles. The number of carbonyl (C=O) groups is 1. The molecule has 1 aromatic heterocycles. The molecule has 2 aliphatic rings.